The van der Waals surface area contributed by atoms with Crippen LogP contribution in [0, 0.1) is 13.8 Å². The van der Waals surface area contributed by atoms with Crippen molar-refractivity contribution in [2.45, 2.75) is 48.8 Å². The fraction of sp³-hybridized carbons (Fsp3) is 0.343. The second-order valence-corrected chi connectivity index (χ2v) is 17.6. The van der Waals surface area contributed by atoms with Gasteiger partial charge in [-0.3, -0.25) is 9.52 Å². The van der Waals surface area contributed by atoms with Crippen LogP contribution in [-0.4, -0.2) is 74.5 Å². The number of nitrogens with zero attached hydrogens (tertiary/aromatic N) is 3. The molecule has 0 atom stereocenters. The van der Waals surface area contributed by atoms with Gasteiger partial charge in [-0.15, -0.1) is 0 Å². The SMILES string of the molecule is C1CCOC1.COC.COCN(c1cc(C)cnc1Br)S(=O)(=O)c1ccc(Cl)c(C(F)(F)F)c1.Cc1cnc(Br)c(NS(=O)(=O)c2ccc(Cl)c(C(F)(F)F)c2)c1.O=CO[O-].[Cl-].[H-].[K+].[K+]. The van der Waals surface area contributed by atoms with Gasteiger partial charge in [0.15, 0.2) is 0 Å². The predicted molar refractivity (Wildman–Crippen MR) is 220 cm³/mol. The number of anilines is 2. The molecule has 64 heavy (non-hydrogen) atoms. The van der Waals surface area contributed by atoms with E-state index in [2.05, 4.69) is 56.2 Å². The first kappa shape index (κ1) is 68.5. The van der Waals surface area contributed by atoms with E-state index in [0.29, 0.717) is 23.3 Å². The number of carbonyl (C=O) groups excluding carboxylic acids is 1. The number of sulfonamides is 2. The molecule has 350 valence electrons. The molecule has 2 aromatic heterocycles. The number of methoxy groups -OCH3 is 2. The molecule has 1 fully saturated rings. The average molecular weight is 1200 g/mol. The summed E-state index contributed by atoms with van der Waals surface area (Å²) in [4.78, 5) is 18.1. The first-order valence-electron chi connectivity index (χ1n) is 16.5. The number of aryl methyl sites for hydroxylation is 2. The van der Waals surface area contributed by atoms with Crippen molar-refractivity contribution in [3.8, 4) is 0 Å². The summed E-state index contributed by atoms with van der Waals surface area (Å²) in [5.74, 6) is 0. The Morgan fingerprint density at radius 2 is 1.25 bits per heavy atom. The zero-order valence-electron chi connectivity index (χ0n) is 35.8. The van der Waals surface area contributed by atoms with Crippen molar-refractivity contribution in [1.82, 2.24) is 9.97 Å². The Morgan fingerprint density at radius 3 is 1.66 bits per heavy atom. The maximum absolute atomic E-state index is 13.1. The number of alkyl halides is 6. The molecule has 14 nitrogen and oxygen atoms in total. The van der Waals surface area contributed by atoms with E-state index in [0.717, 1.165) is 41.8 Å². The summed E-state index contributed by atoms with van der Waals surface area (Å²) in [6.07, 6.45) is -3.98. The van der Waals surface area contributed by atoms with Gasteiger partial charge in [-0.2, -0.15) is 26.3 Å². The molecule has 2 aromatic carbocycles. The Kier molecular flexibility index (Phi) is 35.2. The Bertz CT molecular complexity index is 2280. The van der Waals surface area contributed by atoms with Gasteiger partial charge in [0.05, 0.1) is 42.3 Å². The molecule has 3 heterocycles. The van der Waals surface area contributed by atoms with Crippen LogP contribution in [-0.2, 0) is 56.3 Å². The van der Waals surface area contributed by atoms with Crippen LogP contribution in [0.2, 0.25) is 10.0 Å². The van der Waals surface area contributed by atoms with Gasteiger partial charge in [0.1, 0.15) is 15.9 Å². The topological polar surface area (TPSA) is 186 Å². The Labute approximate surface area is 486 Å². The molecular weight excluding hydrogens is 1160 g/mol. The molecule has 0 spiro atoms. The van der Waals surface area contributed by atoms with E-state index in [1.54, 1.807) is 28.1 Å². The van der Waals surface area contributed by atoms with Crippen LogP contribution in [0.4, 0.5) is 37.7 Å². The quantitative estimate of drug-likeness (QED) is 0.0446. The molecule has 0 radical (unpaired) electrons. The van der Waals surface area contributed by atoms with Crippen molar-refractivity contribution in [2.24, 2.45) is 0 Å². The van der Waals surface area contributed by atoms with Crippen molar-refractivity contribution in [3.05, 3.63) is 102 Å². The zero-order valence-corrected chi connectivity index (χ0v) is 48.1. The molecule has 1 saturated heterocycles. The number of nitrogens with one attached hydrogen (secondary N) is 1. The molecule has 1 aliphatic rings. The third-order valence-corrected chi connectivity index (χ3v) is 11.9. The van der Waals surface area contributed by atoms with Crippen LogP contribution in [0.3, 0.4) is 0 Å². The molecular formula is C35H38Br2Cl3F6K2N4O10S2-. The van der Waals surface area contributed by atoms with E-state index in [9.17, 15) is 43.2 Å². The summed E-state index contributed by atoms with van der Waals surface area (Å²) in [5.41, 5.74) is -0.865. The second kappa shape index (κ2) is 32.9. The molecule has 1 N–H and O–H groups in total. The largest absolute Gasteiger partial charge is 1.00 e. The Hall–Kier alpha value is 0.233. The summed E-state index contributed by atoms with van der Waals surface area (Å²) in [6, 6.07) is 7.79. The number of benzene rings is 2. The zero-order chi connectivity index (χ0) is 46.8. The van der Waals surface area contributed by atoms with Gasteiger partial charge in [-0.25, -0.2) is 31.1 Å². The molecule has 0 amide bonds. The normalized spacial score (nSPS) is 11.9. The van der Waals surface area contributed by atoms with Crippen LogP contribution in [0.25, 0.3) is 0 Å². The van der Waals surface area contributed by atoms with E-state index in [1.807, 2.05) is 0 Å². The molecule has 0 saturated carbocycles. The summed E-state index contributed by atoms with van der Waals surface area (Å²) >= 11 is 17.3. The number of ether oxygens (including phenoxy) is 3. The van der Waals surface area contributed by atoms with Crippen molar-refractivity contribution >= 4 is 93.0 Å². The third-order valence-electron chi connectivity index (χ3n) is 6.94. The molecule has 29 heteroatoms. The van der Waals surface area contributed by atoms with Crippen molar-refractivity contribution in [3.63, 3.8) is 0 Å². The minimum absolute atomic E-state index is 0. The first-order valence-corrected chi connectivity index (χ1v) is 21.8. The van der Waals surface area contributed by atoms with Crippen molar-refractivity contribution in [1.29, 1.82) is 0 Å². The second-order valence-electron chi connectivity index (χ2n) is 11.7. The van der Waals surface area contributed by atoms with E-state index in [1.165, 1.54) is 44.5 Å². The standard InChI is InChI=1S/C15H13BrClF3N2O3S.C13H9BrClF3N2O2S.C4H8O.C2H6O.CH2O3.ClH.2K.H/c1-9-5-13(14(16)21-7-9)22(8-25-2)26(23,24)10-3-4-12(17)11(6-10)15(18,19)20;1-7-4-11(12(14)19-6-7)20-23(21,22)8-2-3-10(15)9(5-8)13(16,17)18;1-2-4-5-3-1;1-3-2;2-1-4-3;;;;/h3-7H,8H2,1-2H3;2-6,20H,1H3;1-4H2;1-2H3;1,3H;1H;;;/q;;;;;;2*+1;-1/p-2. The van der Waals surface area contributed by atoms with Crippen molar-refractivity contribution < 1.29 is 189 Å². The fourth-order valence-corrected chi connectivity index (χ4v) is 8.27. The van der Waals surface area contributed by atoms with Gasteiger partial charge in [-0.1, -0.05) is 23.2 Å². The third kappa shape index (κ3) is 23.2. The van der Waals surface area contributed by atoms with Gasteiger partial charge in [-0.05, 0) is 118 Å². The molecule has 4 aromatic rings. The van der Waals surface area contributed by atoms with Gasteiger partial charge in [0.25, 0.3) is 26.5 Å². The number of carbonyl (C=O) groups is 1. The van der Waals surface area contributed by atoms with E-state index >= 15 is 0 Å². The number of rotatable bonds is 9. The van der Waals surface area contributed by atoms with Gasteiger partial charge < -0.3 is 38.2 Å². The van der Waals surface area contributed by atoms with Crippen LogP contribution in [0.15, 0.2) is 79.9 Å². The van der Waals surface area contributed by atoms with Crippen LogP contribution in [0.1, 0.15) is 36.5 Å². The number of hydrogen-bond donors (Lipinski definition) is 1. The number of halogens is 11. The van der Waals surface area contributed by atoms with Crippen LogP contribution >= 0.6 is 55.1 Å². The molecule has 0 bridgehead atoms. The number of pyridine rings is 2. The maximum atomic E-state index is 13.1. The Morgan fingerprint density at radius 1 is 0.828 bits per heavy atom. The molecule has 0 aliphatic carbocycles. The van der Waals surface area contributed by atoms with E-state index in [-0.39, 0.29) is 144 Å². The smallest absolute Gasteiger partial charge is 1.00 e. The van der Waals surface area contributed by atoms with Gasteiger partial charge in [0, 0.05) is 46.9 Å². The summed E-state index contributed by atoms with van der Waals surface area (Å²) in [7, 11) is -4.09. The predicted octanol–water partition coefficient (Wildman–Crippen LogP) is -0.132. The van der Waals surface area contributed by atoms with E-state index in [4.69, 9.17) is 42.7 Å². The number of hydrogen-bond acceptors (Lipinski definition) is 12. The maximum Gasteiger partial charge on any atom is 1.00 e. The summed E-state index contributed by atoms with van der Waals surface area (Å²) in [6.45, 7) is 4.79. The summed E-state index contributed by atoms with van der Waals surface area (Å²) < 4.78 is 146. The van der Waals surface area contributed by atoms with Gasteiger partial charge >= 0.3 is 115 Å². The first-order chi connectivity index (χ1) is 28.3. The monoisotopic (exact) mass is 1190 g/mol. The summed E-state index contributed by atoms with van der Waals surface area (Å²) in [5, 5.41) is 7.27. The average Bonchev–Trinajstić information content (AvgIpc) is 3.77. The van der Waals surface area contributed by atoms with Crippen LogP contribution < -0.4 is 129 Å². The van der Waals surface area contributed by atoms with Crippen molar-refractivity contribution in [2.75, 3.05) is 50.3 Å². The van der Waals surface area contributed by atoms with Crippen LogP contribution in [0.5, 0.6) is 0 Å². The minimum Gasteiger partial charge on any atom is -1.00 e. The molecule has 0 unspecified atom stereocenters. The fourth-order valence-electron chi connectivity index (χ4n) is 4.33. The van der Waals surface area contributed by atoms with E-state index < -0.39 is 70.1 Å². The van der Waals surface area contributed by atoms with Gasteiger partial charge in [0.2, 0.25) is 0 Å². The number of aromatic nitrogens is 2. The molecule has 1 aliphatic heterocycles. The minimum atomic E-state index is -4.79. The molecule has 5 rings (SSSR count). The Balaban J connectivity index is -0.000000436.